The first kappa shape index (κ1) is 21.9. The van der Waals surface area contributed by atoms with Gasteiger partial charge in [-0.25, -0.2) is 0 Å². The Bertz CT molecular complexity index is 1180. The van der Waals surface area contributed by atoms with Crippen LogP contribution < -0.4 is 0 Å². The lowest BCUT2D eigenvalue weighted by Crippen LogP contribution is -2.31. The van der Waals surface area contributed by atoms with E-state index in [1.807, 2.05) is 19.1 Å². The van der Waals surface area contributed by atoms with Crippen LogP contribution in [-0.2, 0) is 28.9 Å². The van der Waals surface area contributed by atoms with Crippen molar-refractivity contribution < 1.29 is 27.9 Å². The molecular weight excluding hydrogens is 421 g/mol. The highest BCUT2D eigenvalue weighted by Gasteiger charge is 2.33. The number of rotatable bonds is 7. The lowest BCUT2D eigenvalue weighted by molar-refractivity contribution is -0.138. The van der Waals surface area contributed by atoms with Gasteiger partial charge in [-0.05, 0) is 55.2 Å². The second-order valence-corrected chi connectivity index (χ2v) is 8.12. The Morgan fingerprint density at radius 1 is 1.16 bits per heavy atom. The number of hydrogen-bond donors (Lipinski definition) is 1. The highest BCUT2D eigenvalue weighted by Crippen LogP contribution is 2.37. The fourth-order valence-electron chi connectivity index (χ4n) is 3.97. The summed E-state index contributed by atoms with van der Waals surface area (Å²) in [6.07, 6.45) is -1.10. The maximum absolute atomic E-state index is 13.3. The topological polar surface area (TPSA) is 62.5 Å². The van der Waals surface area contributed by atoms with Crippen molar-refractivity contribution in [3.8, 4) is 11.1 Å². The molecule has 0 aliphatic heterocycles. The average molecular weight is 444 g/mol. The molecule has 0 saturated heterocycles. The summed E-state index contributed by atoms with van der Waals surface area (Å²) in [6, 6.07) is 10.6. The van der Waals surface area contributed by atoms with Crippen LogP contribution in [0.15, 0.2) is 48.7 Å². The largest absolute Gasteiger partial charge is 0.480 e. The number of aliphatic carboxylic acids is 1. The summed E-state index contributed by atoms with van der Waals surface area (Å²) in [4.78, 5) is 25.5. The molecule has 1 amide bonds. The number of amides is 1. The first-order valence-electron chi connectivity index (χ1n) is 10.5. The Labute approximate surface area is 183 Å². The molecule has 1 aliphatic carbocycles. The van der Waals surface area contributed by atoms with Crippen molar-refractivity contribution >= 4 is 22.8 Å². The highest BCUT2D eigenvalue weighted by molar-refractivity contribution is 5.97. The van der Waals surface area contributed by atoms with Gasteiger partial charge in [0.15, 0.2) is 0 Å². The molecule has 5 nitrogen and oxygen atoms in total. The summed E-state index contributed by atoms with van der Waals surface area (Å²) in [5.74, 6) is -0.849. The number of carboxylic acids is 1. The predicted octanol–water partition coefficient (Wildman–Crippen LogP) is 5.17. The van der Waals surface area contributed by atoms with Crippen molar-refractivity contribution in [2.45, 2.75) is 39.0 Å². The van der Waals surface area contributed by atoms with Gasteiger partial charge < -0.3 is 14.6 Å². The van der Waals surface area contributed by atoms with Gasteiger partial charge in [0.1, 0.15) is 6.54 Å². The summed E-state index contributed by atoms with van der Waals surface area (Å²) in [5.41, 5.74) is 1.68. The molecule has 0 bridgehead atoms. The zero-order valence-corrected chi connectivity index (χ0v) is 17.5. The third kappa shape index (κ3) is 4.49. The molecule has 168 valence electrons. The number of benzene rings is 2. The zero-order valence-electron chi connectivity index (χ0n) is 17.5. The van der Waals surface area contributed by atoms with E-state index in [1.165, 1.54) is 10.6 Å². The number of carbonyl (C=O) groups is 2. The molecule has 32 heavy (non-hydrogen) atoms. The van der Waals surface area contributed by atoms with E-state index in [4.69, 9.17) is 0 Å². The molecule has 2 aromatic carbocycles. The molecule has 1 fully saturated rings. The van der Waals surface area contributed by atoms with Crippen LogP contribution in [-0.4, -0.2) is 33.0 Å². The van der Waals surface area contributed by atoms with Crippen molar-refractivity contribution in [3.05, 3.63) is 59.8 Å². The lowest BCUT2D eigenvalue weighted by Gasteiger charge is -2.21. The van der Waals surface area contributed by atoms with Crippen LogP contribution in [0.3, 0.4) is 0 Å². The van der Waals surface area contributed by atoms with E-state index in [-0.39, 0.29) is 18.4 Å². The van der Waals surface area contributed by atoms with Crippen LogP contribution in [0.5, 0.6) is 0 Å². The summed E-state index contributed by atoms with van der Waals surface area (Å²) in [5, 5.41) is 9.56. The van der Waals surface area contributed by atoms with Crippen LogP contribution in [0, 0.1) is 5.92 Å². The molecule has 8 heteroatoms. The van der Waals surface area contributed by atoms with Crippen molar-refractivity contribution in [1.29, 1.82) is 0 Å². The van der Waals surface area contributed by atoms with Gasteiger partial charge in [0.05, 0.1) is 5.56 Å². The van der Waals surface area contributed by atoms with E-state index >= 15 is 0 Å². The second kappa shape index (κ2) is 8.33. The Morgan fingerprint density at radius 2 is 1.91 bits per heavy atom. The van der Waals surface area contributed by atoms with E-state index < -0.39 is 17.7 Å². The number of alkyl halides is 3. The minimum atomic E-state index is -4.51. The van der Waals surface area contributed by atoms with Crippen LogP contribution in [0.1, 0.15) is 30.9 Å². The summed E-state index contributed by atoms with van der Waals surface area (Å²) in [6.45, 7) is 2.55. The standard InChI is InChI=1S/C24H23F3N2O3/c1-2-28(23(32)16-6-7-16)12-15-4-3-5-17(10-15)20-13-29(14-22(30)31)21-9-8-18(11-19(20)21)24(25,26)27/h3-5,8-11,13,16H,2,6-7,12,14H2,1H3,(H,30,31). The number of nitrogens with zero attached hydrogens (tertiary/aromatic N) is 2. The maximum Gasteiger partial charge on any atom is 0.416 e. The third-order valence-electron chi connectivity index (χ3n) is 5.75. The number of fused-ring (bicyclic) bond motifs is 1. The highest BCUT2D eigenvalue weighted by atomic mass is 19.4. The number of aromatic nitrogens is 1. The second-order valence-electron chi connectivity index (χ2n) is 8.12. The Morgan fingerprint density at radius 3 is 2.53 bits per heavy atom. The summed E-state index contributed by atoms with van der Waals surface area (Å²) >= 11 is 0. The zero-order chi connectivity index (χ0) is 23.0. The van der Waals surface area contributed by atoms with Crippen molar-refractivity contribution in [2.24, 2.45) is 5.92 Å². The van der Waals surface area contributed by atoms with Gasteiger partial charge in [-0.1, -0.05) is 18.2 Å². The lowest BCUT2D eigenvalue weighted by atomic mass is 10.0. The molecule has 1 heterocycles. The Kier molecular flexibility index (Phi) is 5.71. The van der Waals surface area contributed by atoms with Crippen molar-refractivity contribution in [3.63, 3.8) is 0 Å². The van der Waals surface area contributed by atoms with E-state index in [2.05, 4.69) is 0 Å². The normalized spacial score (nSPS) is 14.0. The maximum atomic E-state index is 13.3. The van der Waals surface area contributed by atoms with Gasteiger partial charge in [-0.3, -0.25) is 9.59 Å². The third-order valence-corrected chi connectivity index (χ3v) is 5.75. The SMILES string of the molecule is CCN(Cc1cccc(-c2cn(CC(=O)O)c3ccc(C(F)(F)F)cc23)c1)C(=O)C1CC1. The van der Waals surface area contributed by atoms with Crippen LogP contribution >= 0.6 is 0 Å². The van der Waals surface area contributed by atoms with E-state index in [0.29, 0.717) is 35.1 Å². The number of carbonyl (C=O) groups excluding carboxylic acids is 1. The van der Waals surface area contributed by atoms with Gasteiger partial charge in [0.2, 0.25) is 5.91 Å². The van der Waals surface area contributed by atoms with Gasteiger partial charge in [-0.2, -0.15) is 13.2 Å². The smallest absolute Gasteiger partial charge is 0.416 e. The van der Waals surface area contributed by atoms with E-state index in [1.54, 1.807) is 23.2 Å². The van der Waals surface area contributed by atoms with E-state index in [9.17, 15) is 27.9 Å². The van der Waals surface area contributed by atoms with Gasteiger partial charge in [-0.15, -0.1) is 0 Å². The van der Waals surface area contributed by atoms with Crippen LogP contribution in [0.25, 0.3) is 22.0 Å². The molecule has 4 rings (SSSR count). The first-order valence-corrected chi connectivity index (χ1v) is 10.5. The van der Waals surface area contributed by atoms with Gasteiger partial charge in [0.25, 0.3) is 0 Å². The number of carboxylic acid groups (broad SMARTS) is 1. The molecule has 0 unspecified atom stereocenters. The molecule has 1 saturated carbocycles. The fourth-order valence-corrected chi connectivity index (χ4v) is 3.97. The van der Waals surface area contributed by atoms with Crippen LogP contribution in [0.2, 0.25) is 0 Å². The number of halogens is 3. The summed E-state index contributed by atoms with van der Waals surface area (Å²) in [7, 11) is 0. The quantitative estimate of drug-likeness (QED) is 0.547. The summed E-state index contributed by atoms with van der Waals surface area (Å²) < 4.78 is 41.4. The molecule has 0 spiro atoms. The fraction of sp³-hybridized carbons (Fsp3) is 0.333. The molecule has 0 atom stereocenters. The van der Waals surface area contributed by atoms with E-state index in [0.717, 1.165) is 30.5 Å². The average Bonchev–Trinajstić information content (AvgIpc) is 3.53. The molecule has 1 aliphatic rings. The Balaban J connectivity index is 1.75. The molecular formula is C24H23F3N2O3. The predicted molar refractivity (Wildman–Crippen MR) is 114 cm³/mol. The van der Waals surface area contributed by atoms with Gasteiger partial charge in [0, 0.05) is 41.7 Å². The van der Waals surface area contributed by atoms with Crippen molar-refractivity contribution in [2.75, 3.05) is 6.54 Å². The molecule has 0 radical (unpaired) electrons. The number of hydrogen-bond acceptors (Lipinski definition) is 2. The minimum absolute atomic E-state index is 0.105. The Hall–Kier alpha value is -3.29. The van der Waals surface area contributed by atoms with Crippen LogP contribution in [0.4, 0.5) is 13.2 Å². The minimum Gasteiger partial charge on any atom is -0.480 e. The van der Waals surface area contributed by atoms with Crippen molar-refractivity contribution in [1.82, 2.24) is 9.47 Å². The molecule has 1 N–H and O–H groups in total. The first-order chi connectivity index (χ1) is 15.2. The monoisotopic (exact) mass is 444 g/mol. The van der Waals surface area contributed by atoms with Gasteiger partial charge >= 0.3 is 12.1 Å². The molecule has 1 aromatic heterocycles. The molecule has 3 aromatic rings.